The smallest absolute Gasteiger partial charge is 0.254 e. The first-order valence-corrected chi connectivity index (χ1v) is 7.53. The molecule has 4 nitrogen and oxygen atoms in total. The van der Waals surface area contributed by atoms with Gasteiger partial charge in [-0.15, -0.1) is 0 Å². The largest absolute Gasteiger partial charge is 0.336 e. The fraction of sp³-hybridized carbons (Fsp3) is 0.533. The molecule has 0 spiro atoms. The molecule has 108 valence electrons. The molecule has 0 radical (unpaired) electrons. The molecule has 0 saturated carbocycles. The number of benzene rings is 1. The summed E-state index contributed by atoms with van der Waals surface area (Å²) in [4.78, 5) is 17.0. The van der Waals surface area contributed by atoms with Crippen LogP contribution in [0.4, 0.5) is 0 Å². The number of aryl methyl sites for hydroxylation is 1. The molecule has 1 N–H and O–H groups in total. The van der Waals surface area contributed by atoms with Crippen molar-refractivity contribution >= 4 is 17.5 Å². The molecule has 2 aliphatic heterocycles. The maximum absolute atomic E-state index is 12.5. The molecule has 3 rings (SSSR count). The van der Waals surface area contributed by atoms with Crippen molar-refractivity contribution in [2.45, 2.75) is 13.0 Å². The Hall–Kier alpha value is -1.10. The number of hydrogen-bond donors (Lipinski definition) is 1. The lowest BCUT2D eigenvalue weighted by Crippen LogP contribution is -2.62. The van der Waals surface area contributed by atoms with Gasteiger partial charge in [0.2, 0.25) is 0 Å². The average Bonchev–Trinajstić information content (AvgIpc) is 2.37. The SMILES string of the molecule is Cc1cc(Cl)ccc1C(=O)N1CCN(C2CNC2)CC1. The molecular weight excluding hydrogens is 274 g/mol. The van der Waals surface area contributed by atoms with Crippen LogP contribution in [0.25, 0.3) is 0 Å². The van der Waals surface area contributed by atoms with E-state index in [1.165, 1.54) is 0 Å². The van der Waals surface area contributed by atoms with E-state index in [0.717, 1.165) is 50.4 Å². The third kappa shape index (κ3) is 2.68. The standard InChI is InChI=1S/C15H20ClN3O/c1-11-8-12(16)2-3-14(11)15(20)19-6-4-18(5-7-19)13-9-17-10-13/h2-3,8,13,17H,4-7,9-10H2,1H3. The Balaban J connectivity index is 1.63. The van der Waals surface area contributed by atoms with Gasteiger partial charge in [-0.05, 0) is 30.7 Å². The predicted octanol–water partition coefficient (Wildman–Crippen LogP) is 1.38. The van der Waals surface area contributed by atoms with Crippen molar-refractivity contribution in [3.05, 3.63) is 34.3 Å². The van der Waals surface area contributed by atoms with E-state index in [4.69, 9.17) is 11.6 Å². The summed E-state index contributed by atoms with van der Waals surface area (Å²) in [7, 11) is 0. The topological polar surface area (TPSA) is 35.6 Å². The summed E-state index contributed by atoms with van der Waals surface area (Å²) in [6.45, 7) is 7.70. The fourth-order valence-electron chi connectivity index (χ4n) is 2.86. The molecule has 1 aromatic rings. The first kappa shape index (κ1) is 13.9. The number of piperazine rings is 1. The Labute approximate surface area is 124 Å². The molecule has 5 heteroatoms. The van der Waals surface area contributed by atoms with Gasteiger partial charge in [-0.2, -0.15) is 0 Å². The summed E-state index contributed by atoms with van der Waals surface area (Å²) >= 11 is 5.95. The highest BCUT2D eigenvalue weighted by Crippen LogP contribution is 2.18. The lowest BCUT2D eigenvalue weighted by Gasteiger charge is -2.43. The van der Waals surface area contributed by atoms with Crippen molar-refractivity contribution in [2.24, 2.45) is 0 Å². The number of nitrogens with one attached hydrogen (secondary N) is 1. The van der Waals surface area contributed by atoms with Crippen molar-refractivity contribution in [1.29, 1.82) is 0 Å². The molecule has 1 amide bonds. The molecule has 0 atom stereocenters. The normalized spacial score (nSPS) is 20.8. The van der Waals surface area contributed by atoms with Gasteiger partial charge < -0.3 is 10.2 Å². The molecule has 2 aliphatic rings. The predicted molar refractivity (Wildman–Crippen MR) is 80.3 cm³/mol. The Morgan fingerprint density at radius 2 is 1.95 bits per heavy atom. The van der Waals surface area contributed by atoms with Crippen molar-refractivity contribution < 1.29 is 4.79 Å². The van der Waals surface area contributed by atoms with Crippen LogP contribution in [0.1, 0.15) is 15.9 Å². The Kier molecular flexibility index (Phi) is 3.96. The molecule has 0 bridgehead atoms. The van der Waals surface area contributed by atoms with Gasteiger partial charge >= 0.3 is 0 Å². The van der Waals surface area contributed by atoms with E-state index in [-0.39, 0.29) is 5.91 Å². The van der Waals surface area contributed by atoms with Gasteiger partial charge in [0, 0.05) is 55.9 Å². The Morgan fingerprint density at radius 1 is 1.25 bits per heavy atom. The van der Waals surface area contributed by atoms with Gasteiger partial charge in [-0.1, -0.05) is 11.6 Å². The van der Waals surface area contributed by atoms with Crippen molar-refractivity contribution in [3.8, 4) is 0 Å². The number of amides is 1. The summed E-state index contributed by atoms with van der Waals surface area (Å²) in [6, 6.07) is 6.15. The number of nitrogens with zero attached hydrogens (tertiary/aromatic N) is 2. The molecule has 2 saturated heterocycles. The van der Waals surface area contributed by atoms with Gasteiger partial charge in [-0.3, -0.25) is 9.69 Å². The molecular formula is C15H20ClN3O. The van der Waals surface area contributed by atoms with E-state index < -0.39 is 0 Å². The molecule has 0 unspecified atom stereocenters. The van der Waals surface area contributed by atoms with E-state index in [9.17, 15) is 4.79 Å². The van der Waals surface area contributed by atoms with Crippen LogP contribution in [-0.2, 0) is 0 Å². The minimum absolute atomic E-state index is 0.130. The molecule has 20 heavy (non-hydrogen) atoms. The number of carbonyl (C=O) groups is 1. The van der Waals surface area contributed by atoms with E-state index in [0.29, 0.717) is 11.1 Å². The van der Waals surface area contributed by atoms with E-state index in [1.54, 1.807) is 6.07 Å². The minimum atomic E-state index is 0.130. The van der Waals surface area contributed by atoms with Crippen LogP contribution >= 0.6 is 11.6 Å². The second-order valence-electron chi connectivity index (χ2n) is 5.60. The van der Waals surface area contributed by atoms with Gasteiger partial charge in [0.15, 0.2) is 0 Å². The quantitative estimate of drug-likeness (QED) is 0.895. The highest BCUT2D eigenvalue weighted by Gasteiger charge is 2.29. The van der Waals surface area contributed by atoms with Gasteiger partial charge in [0.1, 0.15) is 0 Å². The number of halogens is 1. The van der Waals surface area contributed by atoms with Crippen LogP contribution in [0.2, 0.25) is 5.02 Å². The monoisotopic (exact) mass is 293 g/mol. The van der Waals surface area contributed by atoms with Gasteiger partial charge in [-0.25, -0.2) is 0 Å². The Morgan fingerprint density at radius 3 is 2.50 bits per heavy atom. The average molecular weight is 294 g/mol. The maximum Gasteiger partial charge on any atom is 0.254 e. The summed E-state index contributed by atoms with van der Waals surface area (Å²) in [5.74, 6) is 0.130. The zero-order valence-electron chi connectivity index (χ0n) is 11.7. The Bertz CT molecular complexity index is 508. The minimum Gasteiger partial charge on any atom is -0.336 e. The highest BCUT2D eigenvalue weighted by atomic mass is 35.5. The third-order valence-electron chi connectivity index (χ3n) is 4.30. The summed E-state index contributed by atoms with van der Waals surface area (Å²) in [6.07, 6.45) is 0. The first-order valence-electron chi connectivity index (χ1n) is 7.15. The van der Waals surface area contributed by atoms with Crippen LogP contribution < -0.4 is 5.32 Å². The van der Waals surface area contributed by atoms with Gasteiger partial charge in [0.05, 0.1) is 0 Å². The van der Waals surface area contributed by atoms with Crippen molar-refractivity contribution in [3.63, 3.8) is 0 Å². The fourth-order valence-corrected chi connectivity index (χ4v) is 3.09. The van der Waals surface area contributed by atoms with E-state index >= 15 is 0 Å². The second kappa shape index (κ2) is 5.72. The molecule has 2 fully saturated rings. The molecule has 1 aromatic carbocycles. The molecule has 2 heterocycles. The molecule has 0 aromatic heterocycles. The summed E-state index contributed by atoms with van der Waals surface area (Å²) in [5, 5.41) is 3.98. The molecule has 0 aliphatic carbocycles. The number of carbonyl (C=O) groups excluding carboxylic acids is 1. The summed E-state index contributed by atoms with van der Waals surface area (Å²) < 4.78 is 0. The van der Waals surface area contributed by atoms with E-state index in [1.807, 2.05) is 24.0 Å². The lowest BCUT2D eigenvalue weighted by molar-refractivity contribution is 0.0501. The van der Waals surface area contributed by atoms with Gasteiger partial charge in [0.25, 0.3) is 5.91 Å². The summed E-state index contributed by atoms with van der Waals surface area (Å²) in [5.41, 5.74) is 1.72. The lowest BCUT2D eigenvalue weighted by atomic mass is 10.1. The van der Waals surface area contributed by atoms with Crippen LogP contribution in [0, 0.1) is 6.92 Å². The van der Waals surface area contributed by atoms with Crippen molar-refractivity contribution in [1.82, 2.24) is 15.1 Å². The first-order chi connectivity index (χ1) is 9.65. The maximum atomic E-state index is 12.5. The van der Waals surface area contributed by atoms with Crippen molar-refractivity contribution in [2.75, 3.05) is 39.3 Å². The second-order valence-corrected chi connectivity index (χ2v) is 6.04. The number of hydrogen-bond acceptors (Lipinski definition) is 3. The zero-order chi connectivity index (χ0) is 14.1. The van der Waals surface area contributed by atoms with Crippen LogP contribution in [0.15, 0.2) is 18.2 Å². The van der Waals surface area contributed by atoms with Crippen LogP contribution in [0.5, 0.6) is 0 Å². The third-order valence-corrected chi connectivity index (χ3v) is 4.53. The zero-order valence-corrected chi connectivity index (χ0v) is 12.5. The van der Waals surface area contributed by atoms with Crippen LogP contribution in [0.3, 0.4) is 0 Å². The van der Waals surface area contributed by atoms with E-state index in [2.05, 4.69) is 10.2 Å². The number of rotatable bonds is 2. The van der Waals surface area contributed by atoms with Crippen LogP contribution in [-0.4, -0.2) is 61.0 Å². The highest BCUT2D eigenvalue weighted by molar-refractivity contribution is 6.30.